The molecule has 0 fully saturated rings. The van der Waals surface area contributed by atoms with Gasteiger partial charge in [-0.05, 0) is 0 Å². The van der Waals surface area contributed by atoms with Crippen LogP contribution in [0.3, 0.4) is 0 Å². The van der Waals surface area contributed by atoms with E-state index in [0.29, 0.717) is 0 Å². The molecule has 0 amide bonds. The topological polar surface area (TPSA) is 156 Å². The monoisotopic (exact) mass is 370 g/mol. The molecule has 0 aromatic heterocycles. The summed E-state index contributed by atoms with van der Waals surface area (Å²) in [5.74, 6) is 0. The molecule has 13 heavy (non-hydrogen) atoms. The molecule has 0 aliphatic carbocycles. The summed E-state index contributed by atoms with van der Waals surface area (Å²) in [6.45, 7) is 0. The molecular formula is CH13ClO8P2Sn. The molecular weight excluding hydrogens is 356 g/mol. The van der Waals surface area contributed by atoms with Gasteiger partial charge in [0.15, 0.2) is 0 Å². The first-order valence-corrected chi connectivity index (χ1v) is 4.70. The van der Waals surface area contributed by atoms with Crippen LogP contribution in [0.5, 0.6) is 0 Å². The van der Waals surface area contributed by atoms with E-state index in [4.69, 9.17) is 38.5 Å². The third-order valence-corrected chi connectivity index (χ3v) is 0. The molecule has 0 saturated heterocycles. The van der Waals surface area contributed by atoms with E-state index in [1.165, 1.54) is 0 Å². The van der Waals surface area contributed by atoms with Crippen LogP contribution in [0.4, 0.5) is 0 Å². The van der Waals surface area contributed by atoms with Crippen LogP contribution in [0, 0.1) is 0 Å². The summed E-state index contributed by atoms with van der Waals surface area (Å²) in [5, 5.41) is 0. The first-order valence-electron chi connectivity index (χ1n) is 1.57. The number of rotatable bonds is 0. The van der Waals surface area contributed by atoms with Gasteiger partial charge in [-0.15, -0.1) is 12.4 Å². The average Bonchev–Trinajstić information content (AvgIpc) is 1.12. The van der Waals surface area contributed by atoms with Crippen LogP contribution in [0.25, 0.3) is 0 Å². The summed E-state index contributed by atoms with van der Waals surface area (Å²) in [6.07, 6.45) is 0. The van der Waals surface area contributed by atoms with Crippen LogP contribution in [0.1, 0.15) is 7.43 Å². The molecule has 0 unspecified atom stereocenters. The summed E-state index contributed by atoms with van der Waals surface area (Å²) in [4.78, 5) is 43.1. The zero-order valence-corrected chi connectivity index (χ0v) is 12.2. The van der Waals surface area contributed by atoms with Crippen molar-refractivity contribution in [1.82, 2.24) is 0 Å². The van der Waals surface area contributed by atoms with E-state index in [-0.39, 0.29) is 43.7 Å². The van der Waals surface area contributed by atoms with E-state index in [9.17, 15) is 0 Å². The molecule has 0 heterocycles. The van der Waals surface area contributed by atoms with Crippen LogP contribution in [-0.2, 0) is 9.13 Å². The maximum absolute atomic E-state index is 8.88. The van der Waals surface area contributed by atoms with Gasteiger partial charge >= 0.3 is 39.6 Å². The fourth-order valence-electron chi connectivity index (χ4n) is 0. The molecule has 0 atom stereocenters. The third-order valence-electron chi connectivity index (χ3n) is 0. The summed E-state index contributed by atoms with van der Waals surface area (Å²) in [5.41, 5.74) is 0. The third kappa shape index (κ3) is 994. The first-order chi connectivity index (χ1) is 4.00. The molecule has 6 N–H and O–H groups in total. The molecule has 0 aromatic rings. The van der Waals surface area contributed by atoms with Gasteiger partial charge < -0.3 is 29.4 Å². The zero-order valence-electron chi connectivity index (χ0n) is 5.51. The van der Waals surface area contributed by atoms with E-state index in [1.807, 2.05) is 0 Å². The summed E-state index contributed by atoms with van der Waals surface area (Å²) >= 11 is 0. The maximum atomic E-state index is 8.88. The Morgan fingerprint density at radius 3 is 0.692 bits per heavy atom. The first kappa shape index (κ1) is 29.2. The number of hydrogen-bond donors (Lipinski definition) is 6. The number of halogens is 1. The Morgan fingerprint density at radius 2 is 0.692 bits per heavy atom. The van der Waals surface area contributed by atoms with E-state index < -0.39 is 15.6 Å². The van der Waals surface area contributed by atoms with Gasteiger partial charge in [0.1, 0.15) is 0 Å². The second-order valence-corrected chi connectivity index (χ2v) is 3.08. The van der Waals surface area contributed by atoms with Crippen molar-refractivity contribution in [2.24, 2.45) is 0 Å². The fraction of sp³-hybridized carbons (Fsp3) is 1.00. The molecule has 86 valence electrons. The molecule has 0 bridgehead atoms. The second kappa shape index (κ2) is 11.4. The van der Waals surface area contributed by atoms with E-state index in [2.05, 4.69) is 0 Å². The molecule has 2 radical (unpaired) electrons. The quantitative estimate of drug-likeness (QED) is 0.218. The molecule has 8 nitrogen and oxygen atoms in total. The SMILES string of the molecule is C.Cl.O=P(O)(O)O.O=P(O)(O)O.[SnH2]. The molecule has 0 saturated carbocycles. The molecule has 0 aliphatic heterocycles. The van der Waals surface area contributed by atoms with Crippen molar-refractivity contribution in [2.75, 3.05) is 0 Å². The number of hydrogen-bond acceptors (Lipinski definition) is 2. The number of phosphoric acid groups is 2. The van der Waals surface area contributed by atoms with Crippen LogP contribution in [0.15, 0.2) is 0 Å². The van der Waals surface area contributed by atoms with Gasteiger partial charge in [0, 0.05) is 0 Å². The van der Waals surface area contributed by atoms with Crippen LogP contribution < -0.4 is 0 Å². The molecule has 0 aliphatic rings. The van der Waals surface area contributed by atoms with Gasteiger partial charge in [-0.2, -0.15) is 0 Å². The van der Waals surface area contributed by atoms with Crippen LogP contribution in [-0.4, -0.2) is 53.3 Å². The van der Waals surface area contributed by atoms with E-state index in [0.717, 1.165) is 0 Å². The standard InChI is InChI=1S/CH4.ClH.2H3O4P.Sn.2H/c;;2*1-5(2,3)4;;;/h1H4;1H;2*(H3,1,2,3,4);;;. The van der Waals surface area contributed by atoms with Gasteiger partial charge in [0.25, 0.3) is 0 Å². The zero-order chi connectivity index (χ0) is 9.00. The minimum absolute atomic E-state index is 0. The van der Waals surface area contributed by atoms with Gasteiger partial charge in [-0.25, -0.2) is 9.13 Å². The van der Waals surface area contributed by atoms with Crippen molar-refractivity contribution in [3.8, 4) is 0 Å². The van der Waals surface area contributed by atoms with Gasteiger partial charge in [0.05, 0.1) is 0 Å². The molecule has 0 spiro atoms. The molecule has 0 aromatic carbocycles. The van der Waals surface area contributed by atoms with Crippen molar-refractivity contribution < 1.29 is 38.5 Å². The van der Waals surface area contributed by atoms with Crippen molar-refractivity contribution in [3.63, 3.8) is 0 Å². The van der Waals surface area contributed by atoms with Crippen LogP contribution >= 0.6 is 28.1 Å². The van der Waals surface area contributed by atoms with E-state index in [1.54, 1.807) is 0 Å². The Bertz CT molecular complexity index is 134. The van der Waals surface area contributed by atoms with Crippen LogP contribution in [0.2, 0.25) is 0 Å². The normalized spacial score (nSPS) is 9.08. The predicted molar refractivity (Wildman–Crippen MR) is 51.0 cm³/mol. The van der Waals surface area contributed by atoms with Crippen molar-refractivity contribution in [2.45, 2.75) is 7.43 Å². The Kier molecular flexibility index (Phi) is 25.6. The Morgan fingerprint density at radius 1 is 0.692 bits per heavy atom. The molecule has 12 heteroatoms. The Hall–Kier alpha value is 1.31. The summed E-state index contributed by atoms with van der Waals surface area (Å²) in [7, 11) is -9.28. The molecule has 0 rings (SSSR count). The summed E-state index contributed by atoms with van der Waals surface area (Å²) < 4.78 is 17.8. The van der Waals surface area contributed by atoms with Gasteiger partial charge in [0.2, 0.25) is 0 Å². The van der Waals surface area contributed by atoms with Gasteiger partial charge in [-0.3, -0.25) is 0 Å². The van der Waals surface area contributed by atoms with Crippen molar-refractivity contribution >= 4 is 52.0 Å². The van der Waals surface area contributed by atoms with E-state index >= 15 is 0 Å². The average molecular weight is 369 g/mol. The summed E-state index contributed by atoms with van der Waals surface area (Å²) in [6, 6.07) is 0. The second-order valence-electron chi connectivity index (χ2n) is 1.03. The Balaban J connectivity index is -0.0000000267. The van der Waals surface area contributed by atoms with Gasteiger partial charge in [-0.1, -0.05) is 7.43 Å². The predicted octanol–water partition coefficient (Wildman–Crippen LogP) is -1.72. The van der Waals surface area contributed by atoms with Crippen molar-refractivity contribution in [3.05, 3.63) is 0 Å². The minimum atomic E-state index is -4.64. The Labute approximate surface area is 97.8 Å². The van der Waals surface area contributed by atoms with Crippen molar-refractivity contribution in [1.29, 1.82) is 0 Å². The fourth-order valence-corrected chi connectivity index (χ4v) is 0.